The molecule has 27 heavy (non-hydrogen) atoms. The minimum Gasteiger partial charge on any atom is -0.399 e. The van der Waals surface area contributed by atoms with Crippen LogP contribution in [0.2, 0.25) is 0 Å². The number of hydrogen-bond donors (Lipinski definition) is 1. The third-order valence-electron chi connectivity index (χ3n) is 4.98. The summed E-state index contributed by atoms with van der Waals surface area (Å²) in [5.74, 6) is 1.14. The summed E-state index contributed by atoms with van der Waals surface area (Å²) in [5, 5.41) is 0. The lowest BCUT2D eigenvalue weighted by molar-refractivity contribution is 0.690. The number of aryl methyl sites for hydroxylation is 1. The summed E-state index contributed by atoms with van der Waals surface area (Å²) < 4.78 is 2.32. The minimum atomic E-state index is 0.781. The van der Waals surface area contributed by atoms with Gasteiger partial charge in [0.15, 0.2) is 0 Å². The van der Waals surface area contributed by atoms with E-state index in [1.807, 2.05) is 18.2 Å². The monoisotopic (exact) mass is 355 g/mol. The highest BCUT2D eigenvalue weighted by Gasteiger charge is 2.12. The smallest absolute Gasteiger partial charge is 0.110 e. The Kier molecular flexibility index (Phi) is 4.93. The fourth-order valence-corrected chi connectivity index (χ4v) is 3.55. The van der Waals surface area contributed by atoms with E-state index >= 15 is 0 Å². The Morgan fingerprint density at radius 1 is 0.889 bits per heavy atom. The van der Waals surface area contributed by atoms with E-state index in [-0.39, 0.29) is 0 Å². The maximum Gasteiger partial charge on any atom is 0.110 e. The number of aromatic nitrogens is 2. The van der Waals surface area contributed by atoms with Crippen LogP contribution in [0.5, 0.6) is 0 Å². The van der Waals surface area contributed by atoms with Crippen LogP contribution in [0.3, 0.4) is 0 Å². The molecule has 4 aromatic rings. The molecule has 3 nitrogen and oxygen atoms in total. The molecule has 0 atom stereocenters. The molecule has 0 aliphatic carbocycles. The van der Waals surface area contributed by atoms with Gasteiger partial charge in [0.1, 0.15) is 5.82 Å². The van der Waals surface area contributed by atoms with Crippen molar-refractivity contribution >= 4 is 16.7 Å². The molecular formula is C24H25N3. The number of fused-ring (bicyclic) bond motifs is 1. The van der Waals surface area contributed by atoms with Gasteiger partial charge in [-0.1, -0.05) is 61.9 Å². The van der Waals surface area contributed by atoms with E-state index in [0.717, 1.165) is 48.4 Å². The van der Waals surface area contributed by atoms with Crippen LogP contribution in [-0.2, 0) is 13.0 Å². The second-order valence-corrected chi connectivity index (χ2v) is 7.03. The van der Waals surface area contributed by atoms with Crippen molar-refractivity contribution in [1.29, 1.82) is 0 Å². The Morgan fingerprint density at radius 2 is 1.70 bits per heavy atom. The average molecular weight is 355 g/mol. The van der Waals surface area contributed by atoms with Gasteiger partial charge >= 0.3 is 0 Å². The van der Waals surface area contributed by atoms with Gasteiger partial charge in [-0.2, -0.15) is 0 Å². The molecule has 4 rings (SSSR count). The Hall–Kier alpha value is -3.07. The first-order chi connectivity index (χ1) is 13.2. The molecule has 0 unspecified atom stereocenters. The predicted molar refractivity (Wildman–Crippen MR) is 114 cm³/mol. The first-order valence-corrected chi connectivity index (χ1v) is 9.63. The lowest BCUT2D eigenvalue weighted by atomic mass is 10.0. The quantitative estimate of drug-likeness (QED) is 0.452. The number of unbranched alkanes of at least 4 members (excludes halogenated alkanes) is 1. The van der Waals surface area contributed by atoms with Crippen molar-refractivity contribution in [3.8, 4) is 11.1 Å². The molecule has 0 aliphatic heterocycles. The molecule has 0 aliphatic rings. The Bertz CT molecular complexity index is 1050. The van der Waals surface area contributed by atoms with E-state index in [2.05, 4.69) is 66.1 Å². The lowest BCUT2D eigenvalue weighted by Crippen LogP contribution is -2.05. The van der Waals surface area contributed by atoms with Gasteiger partial charge in [0.25, 0.3) is 0 Å². The van der Waals surface area contributed by atoms with Crippen molar-refractivity contribution in [1.82, 2.24) is 9.55 Å². The van der Waals surface area contributed by atoms with Gasteiger partial charge in [0, 0.05) is 18.7 Å². The Labute approximate surface area is 160 Å². The van der Waals surface area contributed by atoms with Gasteiger partial charge in [-0.05, 0) is 47.4 Å². The SMILES string of the molecule is CCCCc1nc2ccc(N)cc2n1Cc1cccc(-c2ccccc2)c1. The van der Waals surface area contributed by atoms with Crippen LogP contribution >= 0.6 is 0 Å². The second kappa shape index (κ2) is 7.67. The second-order valence-electron chi connectivity index (χ2n) is 7.03. The number of nitrogens with zero attached hydrogens (tertiary/aromatic N) is 2. The fourth-order valence-electron chi connectivity index (χ4n) is 3.55. The van der Waals surface area contributed by atoms with E-state index < -0.39 is 0 Å². The molecule has 1 heterocycles. The molecule has 3 aromatic carbocycles. The highest BCUT2D eigenvalue weighted by Crippen LogP contribution is 2.24. The first kappa shape index (κ1) is 17.3. The van der Waals surface area contributed by atoms with E-state index in [9.17, 15) is 0 Å². The molecule has 0 spiro atoms. The zero-order valence-corrected chi connectivity index (χ0v) is 15.7. The van der Waals surface area contributed by atoms with Crippen molar-refractivity contribution in [2.24, 2.45) is 0 Å². The third kappa shape index (κ3) is 3.72. The number of nitrogens with two attached hydrogens (primary N) is 1. The number of hydrogen-bond acceptors (Lipinski definition) is 2. The van der Waals surface area contributed by atoms with Gasteiger partial charge < -0.3 is 10.3 Å². The van der Waals surface area contributed by atoms with Crippen LogP contribution in [0.15, 0.2) is 72.8 Å². The van der Waals surface area contributed by atoms with Crippen molar-refractivity contribution in [3.63, 3.8) is 0 Å². The van der Waals surface area contributed by atoms with Crippen LogP contribution in [0.25, 0.3) is 22.2 Å². The number of nitrogen functional groups attached to an aromatic ring is 1. The van der Waals surface area contributed by atoms with Gasteiger partial charge in [-0.25, -0.2) is 4.98 Å². The van der Waals surface area contributed by atoms with Gasteiger partial charge in [-0.3, -0.25) is 0 Å². The average Bonchev–Trinajstić information content (AvgIpc) is 3.04. The van der Waals surface area contributed by atoms with Crippen LogP contribution in [0, 0.1) is 0 Å². The Morgan fingerprint density at radius 3 is 2.52 bits per heavy atom. The van der Waals surface area contributed by atoms with Crippen LogP contribution in [0.1, 0.15) is 31.2 Å². The molecule has 0 saturated carbocycles. The summed E-state index contributed by atoms with van der Waals surface area (Å²) >= 11 is 0. The van der Waals surface area contributed by atoms with Gasteiger partial charge in [0.05, 0.1) is 11.0 Å². The summed E-state index contributed by atoms with van der Waals surface area (Å²) in [4.78, 5) is 4.88. The molecule has 3 heteroatoms. The first-order valence-electron chi connectivity index (χ1n) is 9.63. The maximum absolute atomic E-state index is 6.05. The van der Waals surface area contributed by atoms with Crippen LogP contribution in [0.4, 0.5) is 5.69 Å². The van der Waals surface area contributed by atoms with Crippen LogP contribution < -0.4 is 5.73 Å². The Balaban J connectivity index is 1.73. The van der Waals surface area contributed by atoms with Crippen molar-refractivity contribution in [2.45, 2.75) is 32.7 Å². The van der Waals surface area contributed by atoms with Crippen LogP contribution in [-0.4, -0.2) is 9.55 Å². The minimum absolute atomic E-state index is 0.781. The topological polar surface area (TPSA) is 43.8 Å². The fraction of sp³-hybridized carbons (Fsp3) is 0.208. The largest absolute Gasteiger partial charge is 0.399 e. The summed E-state index contributed by atoms with van der Waals surface area (Å²) in [5.41, 5.74) is 12.7. The normalized spacial score (nSPS) is 11.1. The molecule has 0 amide bonds. The van der Waals surface area contributed by atoms with Crippen molar-refractivity contribution < 1.29 is 0 Å². The molecule has 136 valence electrons. The molecule has 2 N–H and O–H groups in total. The lowest BCUT2D eigenvalue weighted by Gasteiger charge is -2.11. The summed E-state index contributed by atoms with van der Waals surface area (Å²) in [6, 6.07) is 25.3. The molecule has 1 aromatic heterocycles. The molecular weight excluding hydrogens is 330 g/mol. The predicted octanol–water partition coefficient (Wildman–Crippen LogP) is 5.68. The highest BCUT2D eigenvalue weighted by atomic mass is 15.1. The third-order valence-corrected chi connectivity index (χ3v) is 4.98. The molecule has 0 fully saturated rings. The van der Waals surface area contributed by atoms with E-state index in [1.54, 1.807) is 0 Å². The zero-order valence-electron chi connectivity index (χ0n) is 15.7. The standard InChI is InChI=1S/C24H25N3/c1-2-3-12-24-26-22-14-13-21(25)16-23(22)27(24)17-18-8-7-11-20(15-18)19-9-5-4-6-10-19/h4-11,13-16H,2-3,12,17,25H2,1H3. The number of imidazole rings is 1. The number of anilines is 1. The molecule has 0 bridgehead atoms. The van der Waals surface area contributed by atoms with Gasteiger partial charge in [0.2, 0.25) is 0 Å². The molecule has 0 radical (unpaired) electrons. The number of rotatable bonds is 6. The van der Waals surface area contributed by atoms with Crippen molar-refractivity contribution in [2.75, 3.05) is 5.73 Å². The maximum atomic E-state index is 6.05. The highest BCUT2D eigenvalue weighted by molar-refractivity contribution is 5.80. The van der Waals surface area contributed by atoms with E-state index in [1.165, 1.54) is 16.7 Å². The summed E-state index contributed by atoms with van der Waals surface area (Å²) in [6.07, 6.45) is 3.29. The van der Waals surface area contributed by atoms with Crippen molar-refractivity contribution in [3.05, 3.63) is 84.2 Å². The zero-order chi connectivity index (χ0) is 18.6. The number of benzene rings is 3. The van der Waals surface area contributed by atoms with E-state index in [4.69, 9.17) is 10.7 Å². The summed E-state index contributed by atoms with van der Waals surface area (Å²) in [7, 11) is 0. The van der Waals surface area contributed by atoms with E-state index in [0.29, 0.717) is 0 Å². The van der Waals surface area contributed by atoms with Gasteiger partial charge in [-0.15, -0.1) is 0 Å². The molecule has 0 saturated heterocycles. The summed E-state index contributed by atoms with van der Waals surface area (Å²) in [6.45, 7) is 3.02.